The second kappa shape index (κ2) is 6.42. The van der Waals surface area contributed by atoms with E-state index in [9.17, 15) is 0 Å². The van der Waals surface area contributed by atoms with Crippen LogP contribution >= 0.6 is 0 Å². The molecule has 0 saturated heterocycles. The smallest absolute Gasteiger partial charge is 0.215 e. The molecule has 1 aromatic heterocycles. The molecule has 0 amide bonds. The molecule has 0 spiro atoms. The third kappa shape index (κ3) is 3.00. The van der Waals surface area contributed by atoms with Crippen LogP contribution in [-0.2, 0) is 4.74 Å². The maximum Gasteiger partial charge on any atom is 0.215 e. The number of rotatable bonds is 3. The molecule has 0 saturated carbocycles. The molecule has 3 rings (SSSR count). The predicted octanol–water partition coefficient (Wildman–Crippen LogP) is 3.33. The first-order valence-electron chi connectivity index (χ1n) is 7.27. The summed E-state index contributed by atoms with van der Waals surface area (Å²) in [5.74, 6) is 6.29. The summed E-state index contributed by atoms with van der Waals surface area (Å²) < 4.78 is 7.45. The Morgan fingerprint density at radius 1 is 1.14 bits per heavy atom. The van der Waals surface area contributed by atoms with Crippen molar-refractivity contribution in [2.24, 2.45) is 0 Å². The molecule has 2 aromatic carbocycles. The molecule has 22 heavy (non-hydrogen) atoms. The average molecular weight is 291 g/mol. The normalized spacial score (nSPS) is 11.9. The molecule has 0 fully saturated rings. The summed E-state index contributed by atoms with van der Waals surface area (Å²) >= 11 is 0. The van der Waals surface area contributed by atoms with Gasteiger partial charge in [0.25, 0.3) is 0 Å². The van der Waals surface area contributed by atoms with Gasteiger partial charge in [-0.15, -0.1) is 5.10 Å². The van der Waals surface area contributed by atoms with Crippen LogP contribution in [0.25, 0.3) is 11.0 Å². The highest BCUT2D eigenvalue weighted by Crippen LogP contribution is 2.16. The van der Waals surface area contributed by atoms with Gasteiger partial charge >= 0.3 is 0 Å². The van der Waals surface area contributed by atoms with Crippen LogP contribution in [0.5, 0.6) is 0 Å². The number of benzene rings is 2. The van der Waals surface area contributed by atoms with Gasteiger partial charge in [0.2, 0.25) is 6.23 Å². The van der Waals surface area contributed by atoms with E-state index in [-0.39, 0.29) is 0 Å². The number of para-hydroxylation sites is 1. The Morgan fingerprint density at radius 2 is 1.91 bits per heavy atom. The van der Waals surface area contributed by atoms with Crippen molar-refractivity contribution in [1.82, 2.24) is 15.0 Å². The first-order chi connectivity index (χ1) is 10.8. The zero-order chi connectivity index (χ0) is 15.4. The molecule has 110 valence electrons. The summed E-state index contributed by atoms with van der Waals surface area (Å²) in [5.41, 5.74) is 3.93. The van der Waals surface area contributed by atoms with E-state index in [1.54, 1.807) is 4.68 Å². The summed E-state index contributed by atoms with van der Waals surface area (Å²) in [5, 5.41) is 8.33. The van der Waals surface area contributed by atoms with Crippen LogP contribution in [0.1, 0.15) is 24.3 Å². The fraction of sp³-hybridized carbons (Fsp3) is 0.222. The minimum atomic E-state index is -0.446. The van der Waals surface area contributed by atoms with Crippen LogP contribution in [0.4, 0.5) is 0 Å². The summed E-state index contributed by atoms with van der Waals surface area (Å²) in [6.45, 7) is 4.56. The lowest BCUT2D eigenvalue weighted by molar-refractivity contribution is 0.0471. The van der Waals surface area contributed by atoms with Gasteiger partial charge < -0.3 is 4.74 Å². The van der Waals surface area contributed by atoms with Crippen molar-refractivity contribution >= 4 is 11.0 Å². The SMILES string of the molecule is CCOC(C#Cc1ccc(C)cc1)n1nnc2ccccc21. The van der Waals surface area contributed by atoms with Gasteiger partial charge in [-0.1, -0.05) is 41.0 Å². The summed E-state index contributed by atoms with van der Waals surface area (Å²) in [6.07, 6.45) is -0.446. The van der Waals surface area contributed by atoms with Crippen LogP contribution in [0.2, 0.25) is 0 Å². The molecule has 4 heteroatoms. The molecule has 1 heterocycles. The van der Waals surface area contributed by atoms with E-state index >= 15 is 0 Å². The first kappa shape index (κ1) is 14.3. The van der Waals surface area contributed by atoms with Gasteiger partial charge in [0.05, 0.1) is 5.52 Å². The highest BCUT2D eigenvalue weighted by molar-refractivity contribution is 5.74. The van der Waals surface area contributed by atoms with E-state index in [2.05, 4.69) is 29.1 Å². The summed E-state index contributed by atoms with van der Waals surface area (Å²) in [7, 11) is 0. The van der Waals surface area contributed by atoms with Crippen LogP contribution < -0.4 is 0 Å². The Morgan fingerprint density at radius 3 is 2.68 bits per heavy atom. The second-order valence-electron chi connectivity index (χ2n) is 4.97. The quantitative estimate of drug-likeness (QED) is 0.695. The third-order valence-corrected chi connectivity index (χ3v) is 3.32. The molecule has 0 radical (unpaired) electrons. The third-order valence-electron chi connectivity index (χ3n) is 3.32. The molecular formula is C18H17N3O. The fourth-order valence-electron chi connectivity index (χ4n) is 2.17. The Labute approximate surface area is 129 Å². The molecule has 1 unspecified atom stereocenters. The number of ether oxygens (including phenoxy) is 1. The average Bonchev–Trinajstić information content (AvgIpc) is 2.97. The van der Waals surface area contributed by atoms with E-state index in [1.165, 1.54) is 5.56 Å². The first-order valence-corrected chi connectivity index (χ1v) is 7.27. The Hall–Kier alpha value is -2.64. The van der Waals surface area contributed by atoms with E-state index in [0.717, 1.165) is 16.6 Å². The van der Waals surface area contributed by atoms with Crippen LogP contribution in [0.15, 0.2) is 48.5 Å². The fourth-order valence-corrected chi connectivity index (χ4v) is 2.17. The predicted molar refractivity (Wildman–Crippen MR) is 86.2 cm³/mol. The molecule has 3 aromatic rings. The van der Waals surface area contributed by atoms with Crippen molar-refractivity contribution in [3.8, 4) is 11.8 Å². The van der Waals surface area contributed by atoms with Crippen molar-refractivity contribution in [3.63, 3.8) is 0 Å². The molecule has 0 bridgehead atoms. The molecular weight excluding hydrogens is 274 g/mol. The minimum absolute atomic E-state index is 0.446. The summed E-state index contributed by atoms with van der Waals surface area (Å²) in [6, 6.07) is 15.9. The number of nitrogens with zero attached hydrogens (tertiary/aromatic N) is 3. The largest absolute Gasteiger partial charge is 0.346 e. The van der Waals surface area contributed by atoms with Crippen molar-refractivity contribution in [2.75, 3.05) is 6.61 Å². The van der Waals surface area contributed by atoms with Gasteiger partial charge in [0.1, 0.15) is 5.52 Å². The highest BCUT2D eigenvalue weighted by Gasteiger charge is 2.12. The van der Waals surface area contributed by atoms with E-state index in [4.69, 9.17) is 4.74 Å². The number of fused-ring (bicyclic) bond motifs is 1. The van der Waals surface area contributed by atoms with E-state index < -0.39 is 6.23 Å². The van der Waals surface area contributed by atoms with Crippen molar-refractivity contribution in [2.45, 2.75) is 20.1 Å². The van der Waals surface area contributed by atoms with Crippen molar-refractivity contribution in [3.05, 3.63) is 59.7 Å². The Balaban J connectivity index is 1.95. The number of aryl methyl sites for hydroxylation is 1. The standard InChI is InChI=1S/C18H17N3O/c1-3-22-18(13-12-15-10-8-14(2)9-11-15)21-17-7-5-4-6-16(17)19-20-21/h4-11,18H,3H2,1-2H3. The number of aromatic nitrogens is 3. The van der Waals surface area contributed by atoms with Gasteiger partial charge in [-0.05, 0) is 44.0 Å². The molecule has 0 aliphatic rings. The van der Waals surface area contributed by atoms with Gasteiger partial charge in [-0.25, -0.2) is 4.68 Å². The topological polar surface area (TPSA) is 39.9 Å². The van der Waals surface area contributed by atoms with E-state index in [0.29, 0.717) is 6.61 Å². The highest BCUT2D eigenvalue weighted by atomic mass is 16.5. The van der Waals surface area contributed by atoms with Crippen LogP contribution in [-0.4, -0.2) is 21.6 Å². The Kier molecular flexibility index (Phi) is 4.17. The maximum absolute atomic E-state index is 5.73. The summed E-state index contributed by atoms with van der Waals surface area (Å²) in [4.78, 5) is 0. The van der Waals surface area contributed by atoms with Crippen LogP contribution in [0, 0.1) is 18.8 Å². The van der Waals surface area contributed by atoms with Gasteiger partial charge in [0, 0.05) is 12.2 Å². The molecule has 0 aliphatic carbocycles. The second-order valence-corrected chi connectivity index (χ2v) is 4.97. The minimum Gasteiger partial charge on any atom is -0.346 e. The van der Waals surface area contributed by atoms with Crippen LogP contribution in [0.3, 0.4) is 0 Å². The molecule has 4 nitrogen and oxygen atoms in total. The molecule has 1 atom stereocenters. The van der Waals surface area contributed by atoms with Crippen molar-refractivity contribution in [1.29, 1.82) is 0 Å². The van der Waals surface area contributed by atoms with E-state index in [1.807, 2.05) is 55.5 Å². The number of hydrogen-bond acceptors (Lipinski definition) is 3. The monoisotopic (exact) mass is 291 g/mol. The molecule has 0 aliphatic heterocycles. The lowest BCUT2D eigenvalue weighted by Crippen LogP contribution is -2.12. The zero-order valence-electron chi connectivity index (χ0n) is 12.7. The molecule has 0 N–H and O–H groups in total. The van der Waals surface area contributed by atoms with Gasteiger partial charge in [0.15, 0.2) is 0 Å². The van der Waals surface area contributed by atoms with Gasteiger partial charge in [-0.2, -0.15) is 0 Å². The lowest BCUT2D eigenvalue weighted by atomic mass is 10.1. The zero-order valence-corrected chi connectivity index (χ0v) is 12.7. The Bertz CT molecular complexity index is 825. The maximum atomic E-state index is 5.73. The lowest BCUT2D eigenvalue weighted by Gasteiger charge is -2.11. The van der Waals surface area contributed by atoms with Gasteiger partial charge in [-0.3, -0.25) is 0 Å². The number of hydrogen-bond donors (Lipinski definition) is 0. The van der Waals surface area contributed by atoms with Crippen molar-refractivity contribution < 1.29 is 4.74 Å².